The van der Waals surface area contributed by atoms with Crippen LogP contribution in [0.5, 0.6) is 0 Å². The van der Waals surface area contributed by atoms with Gasteiger partial charge < -0.3 is 10.1 Å². The Labute approximate surface area is 112 Å². The Kier molecular flexibility index (Phi) is 4.68. The van der Waals surface area contributed by atoms with E-state index in [1.165, 1.54) is 25.8 Å². The highest BCUT2D eigenvalue weighted by Gasteiger charge is 2.36. The first-order valence-electron chi connectivity index (χ1n) is 7.63. The first-order valence-corrected chi connectivity index (χ1v) is 7.63. The van der Waals surface area contributed by atoms with Crippen molar-refractivity contribution in [2.45, 2.75) is 64.6 Å². The minimum absolute atomic E-state index is 0.260. The molecule has 0 spiro atoms. The molecule has 3 nitrogen and oxygen atoms in total. The van der Waals surface area contributed by atoms with Crippen LogP contribution in [0.15, 0.2) is 0 Å². The van der Waals surface area contributed by atoms with Gasteiger partial charge in [0.25, 0.3) is 0 Å². The van der Waals surface area contributed by atoms with Crippen LogP contribution in [0, 0.1) is 5.92 Å². The van der Waals surface area contributed by atoms with Gasteiger partial charge in [-0.3, -0.25) is 4.90 Å². The van der Waals surface area contributed by atoms with E-state index in [0.29, 0.717) is 12.1 Å². The lowest BCUT2D eigenvalue weighted by atomic mass is 9.90. The molecule has 106 valence electrons. The first-order chi connectivity index (χ1) is 8.53. The van der Waals surface area contributed by atoms with Crippen LogP contribution in [-0.2, 0) is 4.74 Å². The SMILES string of the molecule is CCC(C)C1CN(CC2CCCO2)C(C)(C)CN1. The normalized spacial score (nSPS) is 34.7. The zero-order chi connectivity index (χ0) is 13.2. The second kappa shape index (κ2) is 5.89. The molecule has 0 aromatic rings. The van der Waals surface area contributed by atoms with Crippen LogP contribution in [0.25, 0.3) is 0 Å². The number of ether oxygens (including phenoxy) is 1. The Hall–Kier alpha value is -0.120. The number of nitrogens with zero attached hydrogens (tertiary/aromatic N) is 1. The van der Waals surface area contributed by atoms with Crippen LogP contribution in [0.3, 0.4) is 0 Å². The highest BCUT2D eigenvalue weighted by Crippen LogP contribution is 2.25. The highest BCUT2D eigenvalue weighted by atomic mass is 16.5. The van der Waals surface area contributed by atoms with Crippen LogP contribution < -0.4 is 5.32 Å². The van der Waals surface area contributed by atoms with E-state index >= 15 is 0 Å². The number of rotatable bonds is 4. The van der Waals surface area contributed by atoms with E-state index in [1.54, 1.807) is 0 Å². The summed E-state index contributed by atoms with van der Waals surface area (Å²) in [7, 11) is 0. The maximum atomic E-state index is 5.81. The van der Waals surface area contributed by atoms with Crippen molar-refractivity contribution in [2.75, 3.05) is 26.2 Å². The van der Waals surface area contributed by atoms with Crippen molar-refractivity contribution in [2.24, 2.45) is 5.92 Å². The van der Waals surface area contributed by atoms with Gasteiger partial charge in [-0.2, -0.15) is 0 Å². The van der Waals surface area contributed by atoms with Crippen LogP contribution in [0.2, 0.25) is 0 Å². The number of nitrogens with one attached hydrogen (secondary N) is 1. The van der Waals surface area contributed by atoms with Crippen molar-refractivity contribution in [1.82, 2.24) is 10.2 Å². The average molecular weight is 254 g/mol. The van der Waals surface area contributed by atoms with E-state index in [4.69, 9.17) is 4.74 Å². The molecule has 0 bridgehead atoms. The minimum Gasteiger partial charge on any atom is -0.377 e. The summed E-state index contributed by atoms with van der Waals surface area (Å²) in [6, 6.07) is 0.643. The molecule has 0 saturated carbocycles. The highest BCUT2D eigenvalue weighted by molar-refractivity contribution is 4.95. The van der Waals surface area contributed by atoms with Gasteiger partial charge in [0.2, 0.25) is 0 Å². The fourth-order valence-corrected chi connectivity index (χ4v) is 3.06. The molecule has 2 rings (SSSR count). The Bertz CT molecular complexity index is 261. The van der Waals surface area contributed by atoms with Gasteiger partial charge in [0.1, 0.15) is 0 Å². The third-order valence-corrected chi connectivity index (χ3v) is 4.85. The van der Waals surface area contributed by atoms with Gasteiger partial charge in [-0.25, -0.2) is 0 Å². The van der Waals surface area contributed by atoms with Crippen LogP contribution in [0.1, 0.15) is 47.0 Å². The van der Waals surface area contributed by atoms with E-state index in [1.807, 2.05) is 0 Å². The van der Waals surface area contributed by atoms with Crippen LogP contribution >= 0.6 is 0 Å². The summed E-state index contributed by atoms with van der Waals surface area (Å²) < 4.78 is 5.81. The van der Waals surface area contributed by atoms with Gasteiger partial charge in [-0.15, -0.1) is 0 Å². The summed E-state index contributed by atoms with van der Waals surface area (Å²) in [5.74, 6) is 0.757. The van der Waals surface area contributed by atoms with Crippen molar-refractivity contribution in [3.8, 4) is 0 Å². The number of piperazine rings is 1. The summed E-state index contributed by atoms with van der Waals surface area (Å²) >= 11 is 0. The first kappa shape index (κ1) is 14.3. The molecule has 3 atom stereocenters. The molecule has 2 aliphatic rings. The van der Waals surface area contributed by atoms with Gasteiger partial charge in [-0.05, 0) is 32.6 Å². The summed E-state index contributed by atoms with van der Waals surface area (Å²) in [6.07, 6.45) is 4.21. The molecule has 0 aromatic heterocycles. The van der Waals surface area contributed by atoms with Crippen LogP contribution in [0.4, 0.5) is 0 Å². The molecule has 3 unspecified atom stereocenters. The summed E-state index contributed by atoms with van der Waals surface area (Å²) in [5.41, 5.74) is 0.260. The maximum Gasteiger partial charge on any atom is 0.0703 e. The van der Waals surface area contributed by atoms with Gasteiger partial charge in [0.05, 0.1) is 6.10 Å². The maximum absolute atomic E-state index is 5.81. The molecular formula is C15H30N2O. The molecule has 0 aromatic carbocycles. The molecule has 2 aliphatic heterocycles. The molecule has 0 aliphatic carbocycles. The molecule has 1 N–H and O–H groups in total. The monoisotopic (exact) mass is 254 g/mol. The summed E-state index contributed by atoms with van der Waals surface area (Å²) in [6.45, 7) is 13.7. The molecular weight excluding hydrogens is 224 g/mol. The fourth-order valence-electron chi connectivity index (χ4n) is 3.06. The lowest BCUT2D eigenvalue weighted by Gasteiger charge is -2.48. The third kappa shape index (κ3) is 3.25. The minimum atomic E-state index is 0.260. The number of hydrogen-bond donors (Lipinski definition) is 1. The average Bonchev–Trinajstić information content (AvgIpc) is 2.83. The Morgan fingerprint density at radius 2 is 2.22 bits per heavy atom. The Morgan fingerprint density at radius 1 is 1.44 bits per heavy atom. The van der Waals surface area contributed by atoms with E-state index in [-0.39, 0.29) is 5.54 Å². The summed E-state index contributed by atoms with van der Waals surface area (Å²) in [5, 5.41) is 3.73. The smallest absolute Gasteiger partial charge is 0.0703 e. The van der Waals surface area contributed by atoms with Crippen molar-refractivity contribution < 1.29 is 4.74 Å². The molecule has 2 fully saturated rings. The second-order valence-corrected chi connectivity index (χ2v) is 6.73. The van der Waals surface area contributed by atoms with E-state index < -0.39 is 0 Å². The van der Waals surface area contributed by atoms with Gasteiger partial charge in [0.15, 0.2) is 0 Å². The van der Waals surface area contributed by atoms with E-state index in [2.05, 4.69) is 37.9 Å². The molecule has 2 saturated heterocycles. The van der Waals surface area contributed by atoms with Crippen molar-refractivity contribution in [3.63, 3.8) is 0 Å². The van der Waals surface area contributed by atoms with Crippen molar-refractivity contribution in [3.05, 3.63) is 0 Å². The standard InChI is InChI=1S/C15H30N2O/c1-5-12(2)14-10-17(15(3,4)11-16-14)9-13-7-6-8-18-13/h12-14,16H,5-11H2,1-4H3. The van der Waals surface area contributed by atoms with Gasteiger partial charge >= 0.3 is 0 Å². The van der Waals surface area contributed by atoms with Crippen molar-refractivity contribution in [1.29, 1.82) is 0 Å². The largest absolute Gasteiger partial charge is 0.377 e. The van der Waals surface area contributed by atoms with Gasteiger partial charge in [0, 0.05) is 37.8 Å². The molecule has 0 radical (unpaired) electrons. The molecule has 2 heterocycles. The van der Waals surface area contributed by atoms with E-state index in [9.17, 15) is 0 Å². The topological polar surface area (TPSA) is 24.5 Å². The molecule has 18 heavy (non-hydrogen) atoms. The van der Waals surface area contributed by atoms with Gasteiger partial charge in [-0.1, -0.05) is 20.3 Å². The second-order valence-electron chi connectivity index (χ2n) is 6.73. The summed E-state index contributed by atoms with van der Waals surface area (Å²) in [4.78, 5) is 2.65. The zero-order valence-electron chi connectivity index (χ0n) is 12.5. The predicted molar refractivity (Wildman–Crippen MR) is 75.9 cm³/mol. The van der Waals surface area contributed by atoms with E-state index in [0.717, 1.165) is 25.6 Å². The third-order valence-electron chi connectivity index (χ3n) is 4.85. The lowest BCUT2D eigenvalue weighted by Crippen LogP contribution is -2.64. The quantitative estimate of drug-likeness (QED) is 0.833. The van der Waals surface area contributed by atoms with Crippen LogP contribution in [-0.4, -0.2) is 48.8 Å². The fraction of sp³-hybridized carbons (Fsp3) is 1.00. The number of hydrogen-bond acceptors (Lipinski definition) is 3. The predicted octanol–water partition coefficient (Wildman–Crippen LogP) is 2.26. The zero-order valence-corrected chi connectivity index (χ0v) is 12.5. The Morgan fingerprint density at radius 3 is 2.83 bits per heavy atom. The van der Waals surface area contributed by atoms with Crippen molar-refractivity contribution >= 4 is 0 Å². The lowest BCUT2D eigenvalue weighted by molar-refractivity contribution is 0.000959. The molecule has 0 amide bonds. The molecule has 3 heteroatoms. The Balaban J connectivity index is 1.94.